The van der Waals surface area contributed by atoms with Gasteiger partial charge in [-0.1, -0.05) is 0 Å². The molecule has 1 unspecified atom stereocenters. The highest BCUT2D eigenvalue weighted by Crippen LogP contribution is 2.37. The number of ether oxygens (including phenoxy) is 1. The van der Waals surface area contributed by atoms with Crippen LogP contribution in [0.2, 0.25) is 0 Å². The summed E-state index contributed by atoms with van der Waals surface area (Å²) in [6.07, 6.45) is 2.53. The van der Waals surface area contributed by atoms with E-state index in [1.54, 1.807) is 0 Å². The molecule has 0 bridgehead atoms. The van der Waals surface area contributed by atoms with Crippen molar-refractivity contribution in [3.05, 3.63) is 11.6 Å². The normalized spacial score (nSPS) is 26.9. The molecule has 1 aliphatic heterocycles. The van der Waals surface area contributed by atoms with Gasteiger partial charge in [0.1, 0.15) is 5.82 Å². The standard InChI is InChI=1S/C10H16N4O/c1-7-12-13-10(14(7)8-2-3-8)9-6-15-5-4-11-9/h8-9,11H,2-6H2,1H3. The number of hydrogen-bond acceptors (Lipinski definition) is 4. The molecule has 1 aliphatic carbocycles. The van der Waals surface area contributed by atoms with Crippen LogP contribution in [0.25, 0.3) is 0 Å². The van der Waals surface area contributed by atoms with Crippen molar-refractivity contribution in [1.82, 2.24) is 20.1 Å². The third-order valence-corrected chi connectivity index (χ3v) is 3.04. The van der Waals surface area contributed by atoms with Crippen LogP contribution in [0.3, 0.4) is 0 Å². The van der Waals surface area contributed by atoms with Gasteiger partial charge in [-0.05, 0) is 19.8 Å². The van der Waals surface area contributed by atoms with E-state index in [9.17, 15) is 0 Å². The van der Waals surface area contributed by atoms with Gasteiger partial charge in [0.05, 0.1) is 19.3 Å². The van der Waals surface area contributed by atoms with Crippen LogP contribution in [-0.4, -0.2) is 34.5 Å². The molecule has 0 aromatic carbocycles. The van der Waals surface area contributed by atoms with Crippen LogP contribution in [0, 0.1) is 6.92 Å². The van der Waals surface area contributed by atoms with Gasteiger partial charge in [-0.2, -0.15) is 0 Å². The summed E-state index contributed by atoms with van der Waals surface area (Å²) in [5, 5.41) is 11.9. The number of aromatic nitrogens is 3. The molecule has 5 nitrogen and oxygen atoms in total. The fraction of sp³-hybridized carbons (Fsp3) is 0.800. The number of nitrogens with zero attached hydrogens (tertiary/aromatic N) is 3. The van der Waals surface area contributed by atoms with E-state index in [1.807, 2.05) is 6.92 Å². The first-order valence-electron chi connectivity index (χ1n) is 5.59. The maximum Gasteiger partial charge on any atom is 0.152 e. The Morgan fingerprint density at radius 1 is 1.40 bits per heavy atom. The summed E-state index contributed by atoms with van der Waals surface area (Å²) in [6, 6.07) is 0.860. The number of aryl methyl sites for hydroxylation is 1. The molecule has 0 radical (unpaired) electrons. The van der Waals surface area contributed by atoms with Crippen molar-refractivity contribution < 1.29 is 4.74 Å². The second kappa shape index (κ2) is 3.57. The minimum atomic E-state index is 0.223. The van der Waals surface area contributed by atoms with E-state index in [2.05, 4.69) is 20.1 Å². The van der Waals surface area contributed by atoms with Gasteiger partial charge in [-0.25, -0.2) is 0 Å². The molecule has 0 spiro atoms. The van der Waals surface area contributed by atoms with Crippen LogP contribution in [-0.2, 0) is 4.74 Å². The van der Waals surface area contributed by atoms with Crippen LogP contribution in [0.15, 0.2) is 0 Å². The minimum absolute atomic E-state index is 0.223. The average molecular weight is 208 g/mol. The molecule has 2 aliphatic rings. The van der Waals surface area contributed by atoms with Crippen LogP contribution >= 0.6 is 0 Å². The van der Waals surface area contributed by atoms with E-state index in [1.165, 1.54) is 12.8 Å². The van der Waals surface area contributed by atoms with Crippen LogP contribution in [0.1, 0.15) is 36.6 Å². The summed E-state index contributed by atoms with van der Waals surface area (Å²) in [7, 11) is 0. The first-order valence-corrected chi connectivity index (χ1v) is 5.59. The van der Waals surface area contributed by atoms with E-state index < -0.39 is 0 Å². The van der Waals surface area contributed by atoms with E-state index in [0.717, 1.165) is 24.8 Å². The van der Waals surface area contributed by atoms with Gasteiger partial charge in [0, 0.05) is 12.6 Å². The van der Waals surface area contributed by atoms with Crippen molar-refractivity contribution in [2.24, 2.45) is 0 Å². The molecule has 1 saturated heterocycles. The maximum absolute atomic E-state index is 5.46. The SMILES string of the molecule is Cc1nnc(C2COCCN2)n1C1CC1. The van der Waals surface area contributed by atoms with Crippen LogP contribution in [0.4, 0.5) is 0 Å². The van der Waals surface area contributed by atoms with Crippen molar-refractivity contribution in [1.29, 1.82) is 0 Å². The van der Waals surface area contributed by atoms with E-state index in [0.29, 0.717) is 12.6 Å². The molecule has 1 atom stereocenters. The Morgan fingerprint density at radius 2 is 2.27 bits per heavy atom. The highest BCUT2D eigenvalue weighted by Gasteiger charge is 2.31. The number of morpholine rings is 1. The zero-order valence-corrected chi connectivity index (χ0v) is 8.94. The summed E-state index contributed by atoms with van der Waals surface area (Å²) in [4.78, 5) is 0. The maximum atomic E-state index is 5.46. The van der Waals surface area contributed by atoms with Crippen molar-refractivity contribution in [2.75, 3.05) is 19.8 Å². The Balaban J connectivity index is 1.89. The van der Waals surface area contributed by atoms with Crippen molar-refractivity contribution in [3.8, 4) is 0 Å². The number of nitrogens with one attached hydrogen (secondary N) is 1. The van der Waals surface area contributed by atoms with Gasteiger partial charge in [0.25, 0.3) is 0 Å². The second-order valence-corrected chi connectivity index (χ2v) is 4.29. The van der Waals surface area contributed by atoms with Gasteiger partial charge < -0.3 is 14.6 Å². The molecular weight excluding hydrogens is 192 g/mol. The first-order chi connectivity index (χ1) is 7.36. The number of rotatable bonds is 2. The van der Waals surface area contributed by atoms with E-state index in [4.69, 9.17) is 4.74 Å². The van der Waals surface area contributed by atoms with Crippen LogP contribution in [0.5, 0.6) is 0 Å². The van der Waals surface area contributed by atoms with Gasteiger partial charge in [0.2, 0.25) is 0 Å². The van der Waals surface area contributed by atoms with Gasteiger partial charge in [-0.3, -0.25) is 0 Å². The number of hydrogen-bond donors (Lipinski definition) is 1. The predicted molar refractivity (Wildman–Crippen MR) is 54.6 cm³/mol. The fourth-order valence-electron chi connectivity index (χ4n) is 2.14. The quantitative estimate of drug-likeness (QED) is 0.772. The van der Waals surface area contributed by atoms with Gasteiger partial charge in [0.15, 0.2) is 5.82 Å². The molecule has 15 heavy (non-hydrogen) atoms. The molecule has 82 valence electrons. The predicted octanol–water partition coefficient (Wildman–Crippen LogP) is 0.582. The molecule has 2 heterocycles. The van der Waals surface area contributed by atoms with Crippen molar-refractivity contribution >= 4 is 0 Å². The Kier molecular flexibility index (Phi) is 2.21. The molecule has 1 N–H and O–H groups in total. The van der Waals surface area contributed by atoms with E-state index in [-0.39, 0.29) is 6.04 Å². The highest BCUT2D eigenvalue weighted by atomic mass is 16.5. The van der Waals surface area contributed by atoms with Crippen LogP contribution < -0.4 is 5.32 Å². The Bertz CT molecular complexity index is 352. The van der Waals surface area contributed by atoms with Crippen molar-refractivity contribution in [2.45, 2.75) is 31.8 Å². The summed E-state index contributed by atoms with van der Waals surface area (Å²) in [6.45, 7) is 4.44. The van der Waals surface area contributed by atoms with Gasteiger partial charge >= 0.3 is 0 Å². The molecule has 1 aromatic heterocycles. The minimum Gasteiger partial charge on any atom is -0.378 e. The first kappa shape index (κ1) is 9.30. The molecule has 1 aromatic rings. The Hall–Kier alpha value is -0.940. The zero-order valence-electron chi connectivity index (χ0n) is 8.94. The van der Waals surface area contributed by atoms with Gasteiger partial charge in [-0.15, -0.1) is 10.2 Å². The second-order valence-electron chi connectivity index (χ2n) is 4.29. The molecule has 0 amide bonds. The zero-order chi connectivity index (χ0) is 10.3. The van der Waals surface area contributed by atoms with E-state index >= 15 is 0 Å². The molecule has 3 rings (SSSR count). The summed E-state index contributed by atoms with van der Waals surface area (Å²) < 4.78 is 7.73. The monoisotopic (exact) mass is 208 g/mol. The van der Waals surface area contributed by atoms with Crippen molar-refractivity contribution in [3.63, 3.8) is 0 Å². The highest BCUT2D eigenvalue weighted by molar-refractivity contribution is 5.06. The third kappa shape index (κ3) is 1.66. The lowest BCUT2D eigenvalue weighted by Gasteiger charge is -2.23. The Labute approximate surface area is 88.8 Å². The summed E-state index contributed by atoms with van der Waals surface area (Å²) in [5.74, 6) is 2.08. The lowest BCUT2D eigenvalue weighted by atomic mass is 10.2. The summed E-state index contributed by atoms with van der Waals surface area (Å²) in [5.41, 5.74) is 0. The topological polar surface area (TPSA) is 52.0 Å². The third-order valence-electron chi connectivity index (χ3n) is 3.04. The summed E-state index contributed by atoms with van der Waals surface area (Å²) >= 11 is 0. The fourth-order valence-corrected chi connectivity index (χ4v) is 2.14. The Morgan fingerprint density at radius 3 is 2.93 bits per heavy atom. The molecular formula is C10H16N4O. The smallest absolute Gasteiger partial charge is 0.152 e. The largest absolute Gasteiger partial charge is 0.378 e. The lowest BCUT2D eigenvalue weighted by Crippen LogP contribution is -2.36. The average Bonchev–Trinajstić information content (AvgIpc) is 3.03. The molecule has 2 fully saturated rings. The molecule has 1 saturated carbocycles. The lowest BCUT2D eigenvalue weighted by molar-refractivity contribution is 0.0729. The molecule has 5 heteroatoms.